The fourth-order valence-corrected chi connectivity index (χ4v) is 2.24. The largest absolute Gasteiger partial charge is 0.351 e. The first-order valence-corrected chi connectivity index (χ1v) is 5.73. The van der Waals surface area contributed by atoms with Gasteiger partial charge in [0.15, 0.2) is 0 Å². The van der Waals surface area contributed by atoms with E-state index in [1.807, 2.05) is 6.07 Å². The average molecular weight is 246 g/mol. The normalized spacial score (nSPS) is 21.8. The molecule has 1 aromatic heterocycles. The van der Waals surface area contributed by atoms with Crippen LogP contribution < -0.4 is 10.2 Å². The predicted molar refractivity (Wildman–Crippen MR) is 63.9 cm³/mol. The molecule has 1 N–H and O–H groups in total. The van der Waals surface area contributed by atoms with E-state index in [4.69, 9.17) is 23.2 Å². The van der Waals surface area contributed by atoms with Gasteiger partial charge in [0, 0.05) is 30.7 Å². The molecule has 2 rings (SSSR count). The zero-order valence-electron chi connectivity index (χ0n) is 8.50. The number of hydrogen-bond donors (Lipinski definition) is 1. The van der Waals surface area contributed by atoms with Crippen LogP contribution in [0.15, 0.2) is 12.1 Å². The number of halogens is 2. The van der Waals surface area contributed by atoms with Gasteiger partial charge in [0.1, 0.15) is 11.0 Å². The molecule has 0 unspecified atom stereocenters. The summed E-state index contributed by atoms with van der Waals surface area (Å²) in [6.07, 6.45) is 0. The molecule has 0 bridgehead atoms. The van der Waals surface area contributed by atoms with Crippen LogP contribution in [0.25, 0.3) is 0 Å². The Balaban J connectivity index is 2.27. The Morgan fingerprint density at radius 1 is 1.47 bits per heavy atom. The molecule has 1 aromatic rings. The minimum Gasteiger partial charge on any atom is -0.351 e. The van der Waals surface area contributed by atoms with E-state index in [0.717, 1.165) is 25.5 Å². The van der Waals surface area contributed by atoms with Crippen LogP contribution >= 0.6 is 23.2 Å². The van der Waals surface area contributed by atoms with Gasteiger partial charge in [0.25, 0.3) is 0 Å². The van der Waals surface area contributed by atoms with Gasteiger partial charge in [-0.1, -0.05) is 23.2 Å². The molecule has 1 aliphatic heterocycles. The molecule has 5 heteroatoms. The summed E-state index contributed by atoms with van der Waals surface area (Å²) in [4.78, 5) is 6.50. The summed E-state index contributed by atoms with van der Waals surface area (Å²) in [5.41, 5.74) is 0. The highest BCUT2D eigenvalue weighted by Gasteiger charge is 2.19. The van der Waals surface area contributed by atoms with Crippen molar-refractivity contribution in [3.05, 3.63) is 22.3 Å². The van der Waals surface area contributed by atoms with Crippen molar-refractivity contribution in [1.82, 2.24) is 10.3 Å². The van der Waals surface area contributed by atoms with E-state index in [-0.39, 0.29) is 0 Å². The summed E-state index contributed by atoms with van der Waals surface area (Å²) in [5, 5.41) is 4.41. The zero-order valence-corrected chi connectivity index (χ0v) is 10.0. The molecule has 3 nitrogen and oxygen atoms in total. The fraction of sp³-hybridized carbons (Fsp3) is 0.500. The number of anilines is 1. The summed E-state index contributed by atoms with van der Waals surface area (Å²) < 4.78 is 0. The van der Waals surface area contributed by atoms with E-state index >= 15 is 0 Å². The van der Waals surface area contributed by atoms with Gasteiger partial charge in [-0.2, -0.15) is 0 Å². The van der Waals surface area contributed by atoms with Gasteiger partial charge in [0.05, 0.1) is 0 Å². The Labute approximate surface area is 99.4 Å². The minimum atomic E-state index is 0.417. The van der Waals surface area contributed by atoms with Crippen molar-refractivity contribution in [3.8, 4) is 0 Å². The molecule has 0 amide bonds. The number of aromatic nitrogens is 1. The van der Waals surface area contributed by atoms with Crippen molar-refractivity contribution in [1.29, 1.82) is 0 Å². The van der Waals surface area contributed by atoms with E-state index in [2.05, 4.69) is 22.1 Å². The molecule has 82 valence electrons. The fourth-order valence-electron chi connectivity index (χ4n) is 1.78. The van der Waals surface area contributed by atoms with Gasteiger partial charge in [-0.05, 0) is 19.1 Å². The van der Waals surface area contributed by atoms with Crippen LogP contribution in [0.2, 0.25) is 10.2 Å². The molecule has 1 saturated heterocycles. The van der Waals surface area contributed by atoms with Crippen LogP contribution in [0.1, 0.15) is 6.92 Å². The summed E-state index contributed by atoms with van der Waals surface area (Å²) in [6.45, 7) is 5.02. The zero-order chi connectivity index (χ0) is 10.8. The minimum absolute atomic E-state index is 0.417. The molecule has 0 radical (unpaired) electrons. The van der Waals surface area contributed by atoms with Crippen LogP contribution in [-0.4, -0.2) is 30.7 Å². The highest BCUT2D eigenvalue weighted by Crippen LogP contribution is 2.23. The summed E-state index contributed by atoms with van der Waals surface area (Å²) in [6, 6.07) is 3.93. The van der Waals surface area contributed by atoms with Crippen molar-refractivity contribution in [2.75, 3.05) is 24.5 Å². The molecule has 2 heterocycles. The maximum atomic E-state index is 5.95. The van der Waals surface area contributed by atoms with Gasteiger partial charge in [-0.3, -0.25) is 0 Å². The first-order chi connectivity index (χ1) is 7.16. The van der Waals surface area contributed by atoms with Gasteiger partial charge in [-0.25, -0.2) is 4.98 Å². The lowest BCUT2D eigenvalue weighted by atomic mass is 10.2. The second kappa shape index (κ2) is 4.56. The number of nitrogens with zero attached hydrogens (tertiary/aromatic N) is 2. The van der Waals surface area contributed by atoms with Crippen LogP contribution in [0.3, 0.4) is 0 Å². The molecule has 1 atom stereocenters. The third-order valence-electron chi connectivity index (χ3n) is 2.54. The van der Waals surface area contributed by atoms with Gasteiger partial charge >= 0.3 is 0 Å². The Morgan fingerprint density at radius 2 is 2.27 bits per heavy atom. The van der Waals surface area contributed by atoms with E-state index < -0.39 is 0 Å². The summed E-state index contributed by atoms with van der Waals surface area (Å²) >= 11 is 11.8. The van der Waals surface area contributed by atoms with Crippen molar-refractivity contribution in [3.63, 3.8) is 0 Å². The number of pyridine rings is 1. The average Bonchev–Trinajstić information content (AvgIpc) is 2.16. The van der Waals surface area contributed by atoms with E-state index in [9.17, 15) is 0 Å². The molecule has 15 heavy (non-hydrogen) atoms. The van der Waals surface area contributed by atoms with Crippen molar-refractivity contribution in [2.45, 2.75) is 13.0 Å². The van der Waals surface area contributed by atoms with Crippen molar-refractivity contribution in [2.24, 2.45) is 0 Å². The topological polar surface area (TPSA) is 28.2 Å². The number of hydrogen-bond acceptors (Lipinski definition) is 3. The van der Waals surface area contributed by atoms with Gasteiger partial charge in [-0.15, -0.1) is 0 Å². The number of rotatable bonds is 1. The lowest BCUT2D eigenvalue weighted by Gasteiger charge is -2.35. The highest BCUT2D eigenvalue weighted by molar-refractivity contribution is 6.34. The summed E-state index contributed by atoms with van der Waals surface area (Å²) in [7, 11) is 0. The first kappa shape index (κ1) is 11.0. The smallest absolute Gasteiger partial charge is 0.132 e. The lowest BCUT2D eigenvalue weighted by Crippen LogP contribution is -2.50. The quantitative estimate of drug-likeness (QED) is 0.770. The molecular weight excluding hydrogens is 233 g/mol. The van der Waals surface area contributed by atoms with Gasteiger partial charge < -0.3 is 10.2 Å². The van der Waals surface area contributed by atoms with Crippen LogP contribution in [-0.2, 0) is 0 Å². The Bertz CT molecular complexity index is 336. The van der Waals surface area contributed by atoms with E-state index in [1.54, 1.807) is 6.07 Å². The molecule has 0 aliphatic carbocycles. The third-order valence-corrected chi connectivity index (χ3v) is 2.95. The van der Waals surface area contributed by atoms with E-state index in [1.165, 1.54) is 0 Å². The monoisotopic (exact) mass is 245 g/mol. The second-order valence-corrected chi connectivity index (χ2v) is 4.54. The molecule has 1 fully saturated rings. The Hall–Kier alpha value is -0.510. The summed E-state index contributed by atoms with van der Waals surface area (Å²) in [5.74, 6) is 0.863. The Kier molecular flexibility index (Phi) is 3.34. The first-order valence-electron chi connectivity index (χ1n) is 4.97. The van der Waals surface area contributed by atoms with Crippen LogP contribution in [0.5, 0.6) is 0 Å². The maximum absolute atomic E-state index is 5.95. The molecule has 1 aliphatic rings. The molecule has 0 aromatic carbocycles. The third kappa shape index (κ3) is 2.54. The van der Waals surface area contributed by atoms with Crippen LogP contribution in [0, 0.1) is 0 Å². The highest BCUT2D eigenvalue weighted by atomic mass is 35.5. The Morgan fingerprint density at radius 3 is 2.93 bits per heavy atom. The van der Waals surface area contributed by atoms with Crippen molar-refractivity contribution < 1.29 is 0 Å². The maximum Gasteiger partial charge on any atom is 0.132 e. The molecule has 0 saturated carbocycles. The van der Waals surface area contributed by atoms with Crippen LogP contribution in [0.4, 0.5) is 5.82 Å². The molecule has 0 spiro atoms. The second-order valence-electron chi connectivity index (χ2n) is 3.71. The van der Waals surface area contributed by atoms with Gasteiger partial charge in [0.2, 0.25) is 0 Å². The lowest BCUT2D eigenvalue weighted by molar-refractivity contribution is 0.497. The standard InChI is InChI=1S/C10H13Cl2N3/c1-7-6-13-2-3-15(7)10-5-8(11)4-9(12)14-10/h4-5,7,13H,2-3,6H2,1H3/t7-/m0/s1. The molecular formula is C10H13Cl2N3. The van der Waals surface area contributed by atoms with Crippen molar-refractivity contribution >= 4 is 29.0 Å². The van der Waals surface area contributed by atoms with E-state index in [0.29, 0.717) is 16.2 Å². The number of piperazine rings is 1. The SMILES string of the molecule is C[C@H]1CNCCN1c1cc(Cl)cc(Cl)n1. The predicted octanol–water partition coefficient (Wildman–Crippen LogP) is 2.19. The number of nitrogens with one attached hydrogen (secondary N) is 1.